The number of carbonyl (C=O) groups excluding carboxylic acids is 1. The van der Waals surface area contributed by atoms with Gasteiger partial charge in [0.25, 0.3) is 5.91 Å². The number of halogens is 3. The van der Waals surface area contributed by atoms with Crippen LogP contribution in [0, 0.1) is 5.82 Å². The predicted octanol–water partition coefficient (Wildman–Crippen LogP) is 2.25. The van der Waals surface area contributed by atoms with Crippen molar-refractivity contribution >= 4 is 29.9 Å². The van der Waals surface area contributed by atoms with E-state index in [1.807, 2.05) is 42.3 Å². The third-order valence-electron chi connectivity index (χ3n) is 5.07. The van der Waals surface area contributed by atoms with Gasteiger partial charge in [0, 0.05) is 18.7 Å². The van der Waals surface area contributed by atoms with Gasteiger partial charge in [-0.2, -0.15) is 0 Å². The van der Waals surface area contributed by atoms with Gasteiger partial charge in [0.2, 0.25) is 0 Å². The summed E-state index contributed by atoms with van der Waals surface area (Å²) in [5, 5.41) is 22.7. The van der Waals surface area contributed by atoms with Crippen molar-refractivity contribution in [3.05, 3.63) is 70.5 Å². The molecular formula is C21H25Cl2FN2O4. The fourth-order valence-corrected chi connectivity index (χ4v) is 3.78. The normalized spacial score (nSPS) is 23.3. The van der Waals surface area contributed by atoms with Crippen molar-refractivity contribution in [1.82, 2.24) is 10.2 Å². The van der Waals surface area contributed by atoms with Crippen molar-refractivity contribution < 1.29 is 24.1 Å². The molecule has 1 heterocycles. The van der Waals surface area contributed by atoms with E-state index in [2.05, 4.69) is 5.32 Å². The average molecular weight is 459 g/mol. The van der Waals surface area contributed by atoms with Gasteiger partial charge in [-0.3, -0.25) is 9.69 Å². The quantitative estimate of drug-likeness (QED) is 0.592. The van der Waals surface area contributed by atoms with E-state index in [1.54, 1.807) is 0 Å². The summed E-state index contributed by atoms with van der Waals surface area (Å²) in [6.07, 6.45) is -2.17. The SMILES string of the molecule is CN(Cc1ccccc1)[C@@H]1[C@H](O)[C@H](CO)O[C@@H]1CNC(=O)c1ccc(F)c(Cl)c1.Cl. The van der Waals surface area contributed by atoms with E-state index in [1.165, 1.54) is 12.1 Å². The number of rotatable bonds is 7. The first-order valence-electron chi connectivity index (χ1n) is 9.32. The molecule has 0 radical (unpaired) electrons. The lowest BCUT2D eigenvalue weighted by Crippen LogP contribution is -2.49. The second kappa shape index (κ2) is 11.0. The van der Waals surface area contributed by atoms with Gasteiger partial charge in [-0.1, -0.05) is 41.9 Å². The van der Waals surface area contributed by atoms with E-state index in [0.29, 0.717) is 6.54 Å². The summed E-state index contributed by atoms with van der Waals surface area (Å²) in [6, 6.07) is 13.1. The third kappa shape index (κ3) is 5.69. The number of nitrogens with zero attached hydrogens (tertiary/aromatic N) is 1. The number of amides is 1. The lowest BCUT2D eigenvalue weighted by atomic mass is 10.0. The van der Waals surface area contributed by atoms with E-state index >= 15 is 0 Å². The molecule has 0 aromatic heterocycles. The first kappa shape index (κ1) is 24.5. The Labute approximate surface area is 186 Å². The maximum Gasteiger partial charge on any atom is 0.251 e. The Morgan fingerprint density at radius 3 is 2.57 bits per heavy atom. The predicted molar refractivity (Wildman–Crippen MR) is 114 cm³/mol. The molecule has 0 saturated carbocycles. The highest BCUT2D eigenvalue weighted by molar-refractivity contribution is 6.31. The highest BCUT2D eigenvalue weighted by Gasteiger charge is 2.45. The van der Waals surface area contributed by atoms with Crippen molar-refractivity contribution in [2.45, 2.75) is 30.9 Å². The molecule has 3 N–H and O–H groups in total. The monoisotopic (exact) mass is 458 g/mol. The van der Waals surface area contributed by atoms with E-state index in [0.717, 1.165) is 11.6 Å². The van der Waals surface area contributed by atoms with Crippen LogP contribution in [0.4, 0.5) is 4.39 Å². The number of carbonyl (C=O) groups is 1. The standard InChI is InChI=1S/C21H24ClFN2O4.ClH/c1-25(11-13-5-3-2-4-6-13)19-17(29-18(12-26)20(19)27)10-24-21(28)14-7-8-16(23)15(22)9-14;/h2-9,17-20,26-27H,10-12H2,1H3,(H,24,28);1H/t17-,18+,19+,20-;/m1./s1. The Morgan fingerprint density at radius 1 is 1.23 bits per heavy atom. The fourth-order valence-electron chi connectivity index (χ4n) is 3.60. The summed E-state index contributed by atoms with van der Waals surface area (Å²) in [5.74, 6) is -1.03. The lowest BCUT2D eigenvalue weighted by Gasteiger charge is -2.30. The number of benzene rings is 2. The Kier molecular flexibility index (Phi) is 9.03. The van der Waals surface area contributed by atoms with Gasteiger partial charge in [-0.05, 0) is 30.8 Å². The van der Waals surface area contributed by atoms with Crippen molar-refractivity contribution in [2.24, 2.45) is 0 Å². The van der Waals surface area contributed by atoms with Crippen LogP contribution in [0.15, 0.2) is 48.5 Å². The van der Waals surface area contributed by atoms with Crippen LogP contribution in [0.1, 0.15) is 15.9 Å². The Balaban J connectivity index is 0.00000320. The molecule has 4 atom stereocenters. The molecule has 30 heavy (non-hydrogen) atoms. The molecule has 1 amide bonds. The molecule has 0 unspecified atom stereocenters. The lowest BCUT2D eigenvalue weighted by molar-refractivity contribution is -0.0209. The van der Waals surface area contributed by atoms with Gasteiger partial charge >= 0.3 is 0 Å². The highest BCUT2D eigenvalue weighted by Crippen LogP contribution is 2.26. The molecule has 164 valence electrons. The molecule has 0 bridgehead atoms. The first-order chi connectivity index (χ1) is 13.9. The zero-order chi connectivity index (χ0) is 21.0. The molecule has 2 aromatic rings. The Hall–Kier alpha value is -1.74. The summed E-state index contributed by atoms with van der Waals surface area (Å²) in [7, 11) is 1.86. The minimum absolute atomic E-state index is 0. The highest BCUT2D eigenvalue weighted by atomic mass is 35.5. The fraction of sp³-hybridized carbons (Fsp3) is 0.381. The number of likely N-dealkylation sites (N-methyl/N-ethyl adjacent to an activating group) is 1. The van der Waals surface area contributed by atoms with Gasteiger partial charge in [0.1, 0.15) is 18.0 Å². The minimum atomic E-state index is -0.907. The topological polar surface area (TPSA) is 82.0 Å². The molecule has 1 saturated heterocycles. The number of ether oxygens (including phenoxy) is 1. The number of aliphatic hydroxyl groups excluding tert-OH is 2. The van der Waals surface area contributed by atoms with Crippen LogP contribution in [0.2, 0.25) is 5.02 Å². The van der Waals surface area contributed by atoms with E-state index in [4.69, 9.17) is 16.3 Å². The first-order valence-corrected chi connectivity index (χ1v) is 9.70. The smallest absolute Gasteiger partial charge is 0.251 e. The van der Waals surface area contributed by atoms with E-state index in [-0.39, 0.29) is 36.1 Å². The van der Waals surface area contributed by atoms with Crippen LogP contribution < -0.4 is 5.32 Å². The Morgan fingerprint density at radius 2 is 1.93 bits per heavy atom. The van der Waals surface area contributed by atoms with Crippen LogP contribution in [0.25, 0.3) is 0 Å². The summed E-state index contributed by atoms with van der Waals surface area (Å²) < 4.78 is 19.1. The molecular weight excluding hydrogens is 434 g/mol. The van der Waals surface area contributed by atoms with Crippen LogP contribution in [0.5, 0.6) is 0 Å². The molecule has 1 aliphatic rings. The van der Waals surface area contributed by atoms with Gasteiger partial charge in [0.05, 0.1) is 23.8 Å². The molecule has 6 nitrogen and oxygen atoms in total. The van der Waals surface area contributed by atoms with Gasteiger partial charge in [-0.25, -0.2) is 4.39 Å². The minimum Gasteiger partial charge on any atom is -0.394 e. The maximum absolute atomic E-state index is 13.3. The molecule has 9 heteroatoms. The van der Waals surface area contributed by atoms with Gasteiger partial charge in [-0.15, -0.1) is 12.4 Å². The summed E-state index contributed by atoms with van der Waals surface area (Å²) in [5.41, 5.74) is 1.29. The molecule has 2 aromatic carbocycles. The van der Waals surface area contributed by atoms with Gasteiger partial charge in [0.15, 0.2) is 0 Å². The van der Waals surface area contributed by atoms with E-state index in [9.17, 15) is 19.4 Å². The molecule has 0 spiro atoms. The van der Waals surface area contributed by atoms with Crippen LogP contribution in [-0.4, -0.2) is 65.6 Å². The second-order valence-electron chi connectivity index (χ2n) is 7.12. The zero-order valence-electron chi connectivity index (χ0n) is 16.4. The van der Waals surface area contributed by atoms with Crippen molar-refractivity contribution in [2.75, 3.05) is 20.2 Å². The van der Waals surface area contributed by atoms with Crippen LogP contribution in [-0.2, 0) is 11.3 Å². The number of hydrogen-bond donors (Lipinski definition) is 3. The number of aliphatic hydroxyl groups is 2. The van der Waals surface area contributed by atoms with Crippen molar-refractivity contribution in [3.8, 4) is 0 Å². The molecule has 1 aliphatic heterocycles. The van der Waals surface area contributed by atoms with Crippen LogP contribution in [0.3, 0.4) is 0 Å². The maximum atomic E-state index is 13.3. The second-order valence-corrected chi connectivity index (χ2v) is 7.52. The molecule has 0 aliphatic carbocycles. The summed E-state index contributed by atoms with van der Waals surface area (Å²) in [4.78, 5) is 14.3. The van der Waals surface area contributed by atoms with Crippen molar-refractivity contribution in [3.63, 3.8) is 0 Å². The average Bonchev–Trinajstić information content (AvgIpc) is 3.04. The summed E-state index contributed by atoms with van der Waals surface area (Å²) >= 11 is 5.74. The Bertz CT molecular complexity index is 843. The molecule has 3 rings (SSSR count). The van der Waals surface area contributed by atoms with Crippen LogP contribution >= 0.6 is 24.0 Å². The third-order valence-corrected chi connectivity index (χ3v) is 5.36. The summed E-state index contributed by atoms with van der Waals surface area (Å²) in [6.45, 7) is 0.363. The number of hydrogen-bond acceptors (Lipinski definition) is 5. The molecule has 1 fully saturated rings. The van der Waals surface area contributed by atoms with Gasteiger partial charge < -0.3 is 20.3 Å². The zero-order valence-corrected chi connectivity index (χ0v) is 17.9. The number of nitrogens with one attached hydrogen (secondary N) is 1. The largest absolute Gasteiger partial charge is 0.394 e. The van der Waals surface area contributed by atoms with E-state index < -0.39 is 36.1 Å². The van der Waals surface area contributed by atoms with Crippen molar-refractivity contribution in [1.29, 1.82) is 0 Å².